The number of fused-ring (bicyclic) bond motifs is 2. The molecule has 12 heteroatoms. The van der Waals surface area contributed by atoms with E-state index in [4.69, 9.17) is 9.47 Å². The van der Waals surface area contributed by atoms with Crippen molar-refractivity contribution in [2.45, 2.75) is 155 Å². The lowest BCUT2D eigenvalue weighted by molar-refractivity contribution is -0.113. The molecule has 0 N–H and O–H groups in total. The van der Waals surface area contributed by atoms with Gasteiger partial charge in [-0.25, -0.2) is 16.8 Å². The average Bonchev–Trinajstić information content (AvgIpc) is 3.50. The number of hydrogen-bond donors (Lipinski definition) is 0. The molecule has 10 nitrogen and oxygen atoms in total. The number of unbranched alkanes of at least 4 members (excludes halogenated alkanes) is 4. The highest BCUT2D eigenvalue weighted by Crippen LogP contribution is 2.48. The first-order valence-corrected chi connectivity index (χ1v) is 28.9. The summed E-state index contributed by atoms with van der Waals surface area (Å²) in [5.74, 6) is 0.967. The first-order valence-electron chi connectivity index (χ1n) is 25.6. The van der Waals surface area contributed by atoms with Crippen molar-refractivity contribution in [3.8, 4) is 11.5 Å². The van der Waals surface area contributed by atoms with Crippen LogP contribution < -0.4 is 19.3 Å². The predicted molar refractivity (Wildman–Crippen MR) is 287 cm³/mol. The lowest BCUT2D eigenvalue weighted by Gasteiger charge is -2.37. The molecular formula is C58H78N2O8S2. The number of hydrogen-bond acceptors (Lipinski definition) is 10. The number of para-hydroxylation sites is 2. The largest absolute Gasteiger partial charge is 0.465 e. The quantitative estimate of drug-likeness (QED) is 0.0554. The van der Waals surface area contributed by atoms with Gasteiger partial charge in [-0.05, 0) is 99.9 Å². The molecule has 2 aliphatic heterocycles. The van der Waals surface area contributed by atoms with Crippen LogP contribution in [0.4, 0.5) is 22.7 Å². The van der Waals surface area contributed by atoms with Gasteiger partial charge in [0.25, 0.3) is 0 Å². The minimum absolute atomic E-state index is 0.127. The van der Waals surface area contributed by atoms with Crippen molar-refractivity contribution >= 4 is 54.0 Å². The van der Waals surface area contributed by atoms with Gasteiger partial charge in [0.2, 0.25) is 0 Å². The molecule has 0 aromatic heterocycles. The fraction of sp³-hybridized carbons (Fsp3) is 0.483. The summed E-state index contributed by atoms with van der Waals surface area (Å²) >= 11 is 0. The van der Waals surface area contributed by atoms with Crippen LogP contribution in [-0.2, 0) is 42.1 Å². The molecule has 0 amide bonds. The Kier molecular flexibility index (Phi) is 20.5. The second-order valence-electron chi connectivity index (χ2n) is 19.4. The first-order chi connectivity index (χ1) is 33.5. The van der Waals surface area contributed by atoms with Crippen LogP contribution >= 0.6 is 0 Å². The lowest BCUT2D eigenvalue weighted by atomic mass is 9.79. The van der Waals surface area contributed by atoms with E-state index in [1.807, 2.05) is 62.4 Å². The number of ether oxygens (including phenoxy) is 2. The number of nitrogens with zero attached hydrogens (tertiary/aromatic N) is 2. The highest BCUT2D eigenvalue weighted by Gasteiger charge is 2.44. The van der Waals surface area contributed by atoms with E-state index >= 15 is 0 Å². The van der Waals surface area contributed by atoms with Gasteiger partial charge in [0, 0.05) is 59.6 Å². The summed E-state index contributed by atoms with van der Waals surface area (Å²) in [4.78, 5) is 27.7. The van der Waals surface area contributed by atoms with Crippen molar-refractivity contribution in [1.82, 2.24) is 0 Å². The smallest absolute Gasteiger partial charge is 0.181 e. The van der Waals surface area contributed by atoms with Crippen molar-refractivity contribution < 1.29 is 35.9 Å². The molecule has 4 aromatic carbocycles. The third kappa shape index (κ3) is 14.5. The fourth-order valence-corrected chi connectivity index (χ4v) is 14.1. The summed E-state index contributed by atoms with van der Waals surface area (Å²) < 4.78 is 67.5. The number of rotatable bonds is 22. The summed E-state index contributed by atoms with van der Waals surface area (Å²) in [6.45, 7) is 16.9. The molecule has 0 saturated carbocycles. The van der Waals surface area contributed by atoms with Crippen LogP contribution in [0.1, 0.15) is 144 Å². The Morgan fingerprint density at radius 2 is 0.857 bits per heavy atom. The van der Waals surface area contributed by atoms with Crippen molar-refractivity contribution in [3.05, 3.63) is 121 Å². The van der Waals surface area contributed by atoms with E-state index in [9.17, 15) is 26.4 Å². The summed E-state index contributed by atoms with van der Waals surface area (Å²) in [5, 5.41) is 0. The molecule has 2 heterocycles. The number of anilines is 4. The molecular weight excluding hydrogens is 917 g/mol. The molecule has 4 aromatic rings. The standard InChI is InChI=1S/2C29H39NO4S/c2*1-5-8-16-29(17-9-6-2)21-30(25-13-11-10-12-14-25)26-19-24(7-3)27(34-18-15-23(4)31)20-28(26)35(32,33)22-29/h2*10-15,18-20H,5-9,16-17,21-22H2,1-4H3/b18-15+;18-15-. The van der Waals surface area contributed by atoms with Crippen molar-refractivity contribution in [2.24, 2.45) is 10.8 Å². The van der Waals surface area contributed by atoms with Gasteiger partial charge in [-0.1, -0.05) is 129 Å². The SMILES string of the molecule is CCCCC1(CCCC)CN(c2ccccc2)c2cc(CC)c(O/C=C/C(C)=O)cc2S(=O)(=O)C1.CCCCC1(CCCC)CN(c2ccccc2)c2cc(CC)c(O/C=C\C(C)=O)cc2S(=O)(=O)C1. The summed E-state index contributed by atoms with van der Waals surface area (Å²) in [6, 6.07) is 27.4. The number of carbonyl (C=O) groups excluding carboxylic acids is 2. The fourth-order valence-electron chi connectivity index (χ4n) is 9.92. The van der Waals surface area contributed by atoms with Crippen LogP contribution in [0, 0.1) is 10.8 Å². The van der Waals surface area contributed by atoms with Crippen LogP contribution in [0.15, 0.2) is 119 Å². The molecule has 0 fully saturated rings. The Hall–Kier alpha value is -5.20. The van der Waals surface area contributed by atoms with Gasteiger partial charge in [0.1, 0.15) is 11.5 Å². The Balaban J connectivity index is 0.000000261. The predicted octanol–water partition coefficient (Wildman–Crippen LogP) is 14.0. The van der Waals surface area contributed by atoms with Gasteiger partial charge in [-0.2, -0.15) is 0 Å². The number of benzene rings is 4. The molecule has 0 saturated heterocycles. The Bertz CT molecular complexity index is 2440. The molecule has 2 aliphatic rings. The highest BCUT2D eigenvalue weighted by atomic mass is 32.2. The van der Waals surface area contributed by atoms with E-state index in [2.05, 4.69) is 61.8 Å². The second-order valence-corrected chi connectivity index (χ2v) is 23.3. The number of carbonyl (C=O) groups is 2. The summed E-state index contributed by atoms with van der Waals surface area (Å²) in [5.41, 5.74) is 4.57. The Morgan fingerprint density at radius 3 is 1.14 bits per heavy atom. The molecule has 0 bridgehead atoms. The average molecular weight is 995 g/mol. The molecule has 0 unspecified atom stereocenters. The van der Waals surface area contributed by atoms with Gasteiger partial charge >= 0.3 is 0 Å². The zero-order chi connectivity index (χ0) is 51.0. The number of ketones is 2. The molecule has 70 heavy (non-hydrogen) atoms. The van der Waals surface area contributed by atoms with Crippen LogP contribution in [0.2, 0.25) is 0 Å². The topological polar surface area (TPSA) is 127 Å². The Morgan fingerprint density at radius 1 is 0.529 bits per heavy atom. The van der Waals surface area contributed by atoms with Gasteiger partial charge < -0.3 is 19.3 Å². The van der Waals surface area contributed by atoms with Crippen LogP contribution in [0.3, 0.4) is 0 Å². The third-order valence-corrected chi connectivity index (χ3v) is 17.6. The normalized spacial score (nSPS) is 16.6. The molecule has 0 atom stereocenters. The lowest BCUT2D eigenvalue weighted by Crippen LogP contribution is -2.38. The zero-order valence-corrected chi connectivity index (χ0v) is 44.7. The maximum atomic E-state index is 14.0. The first kappa shape index (κ1) is 55.7. The van der Waals surface area contributed by atoms with Gasteiger partial charge in [-0.3, -0.25) is 9.59 Å². The second kappa shape index (κ2) is 25.8. The molecule has 380 valence electrons. The number of sulfone groups is 2. The molecule has 6 rings (SSSR count). The maximum Gasteiger partial charge on any atom is 0.181 e. The van der Waals surface area contributed by atoms with E-state index in [0.29, 0.717) is 58.6 Å². The zero-order valence-electron chi connectivity index (χ0n) is 43.1. The van der Waals surface area contributed by atoms with E-state index in [1.165, 1.54) is 38.5 Å². The van der Waals surface area contributed by atoms with Crippen LogP contribution in [0.5, 0.6) is 11.5 Å². The molecule has 0 aliphatic carbocycles. The van der Waals surface area contributed by atoms with Crippen LogP contribution in [-0.4, -0.2) is 53.0 Å². The van der Waals surface area contributed by atoms with E-state index in [0.717, 1.165) is 99.6 Å². The van der Waals surface area contributed by atoms with Gasteiger partial charge in [0.05, 0.1) is 45.2 Å². The van der Waals surface area contributed by atoms with Gasteiger partial charge in [0.15, 0.2) is 31.2 Å². The van der Waals surface area contributed by atoms with Crippen molar-refractivity contribution in [2.75, 3.05) is 34.4 Å². The minimum atomic E-state index is -3.59. The summed E-state index contributed by atoms with van der Waals surface area (Å²) in [7, 11) is -7.18. The van der Waals surface area contributed by atoms with Gasteiger partial charge in [-0.15, -0.1) is 0 Å². The molecule has 0 radical (unpaired) electrons. The van der Waals surface area contributed by atoms with Crippen LogP contribution in [0.25, 0.3) is 0 Å². The van der Waals surface area contributed by atoms with Crippen molar-refractivity contribution in [1.29, 1.82) is 0 Å². The minimum Gasteiger partial charge on any atom is -0.465 e. The highest BCUT2D eigenvalue weighted by molar-refractivity contribution is 7.92. The van der Waals surface area contributed by atoms with E-state index in [-0.39, 0.29) is 33.9 Å². The summed E-state index contributed by atoms with van der Waals surface area (Å²) in [6.07, 6.45) is 18.4. The molecule has 0 spiro atoms. The van der Waals surface area contributed by atoms with Crippen molar-refractivity contribution in [3.63, 3.8) is 0 Å². The number of allylic oxidation sites excluding steroid dienone is 2. The third-order valence-electron chi connectivity index (χ3n) is 13.7. The maximum absolute atomic E-state index is 14.0. The Labute approximate surface area is 420 Å². The number of aryl methyl sites for hydroxylation is 2. The van der Waals surface area contributed by atoms with E-state index in [1.54, 1.807) is 12.1 Å². The van der Waals surface area contributed by atoms with E-state index < -0.39 is 19.7 Å². The monoisotopic (exact) mass is 995 g/mol.